The summed E-state index contributed by atoms with van der Waals surface area (Å²) < 4.78 is 0. The van der Waals surface area contributed by atoms with Gasteiger partial charge in [-0.1, -0.05) is 66.2 Å². The number of hydrogen-bond acceptors (Lipinski definition) is 4. The number of thiazole rings is 1. The van der Waals surface area contributed by atoms with E-state index in [1.54, 1.807) is 17.5 Å². The standard InChI is InChI=1S/C25H23N3OS/c1-18-10-12-19(13-11-18)24-22(28-25(30-24)20-7-3-2-4-8-20)17-23(29)27-16-14-21-9-5-6-15-26-21/h2-13,15H,14,16-17H2,1H3,(H,27,29). The first kappa shape index (κ1) is 20.0. The van der Waals surface area contributed by atoms with Crippen molar-refractivity contribution in [1.29, 1.82) is 0 Å². The Morgan fingerprint density at radius 2 is 1.70 bits per heavy atom. The van der Waals surface area contributed by atoms with Crippen molar-refractivity contribution in [2.75, 3.05) is 6.54 Å². The number of benzene rings is 2. The number of amides is 1. The van der Waals surface area contributed by atoms with Crippen molar-refractivity contribution in [3.8, 4) is 21.0 Å². The Labute approximate surface area is 180 Å². The highest BCUT2D eigenvalue weighted by molar-refractivity contribution is 7.18. The molecule has 0 aliphatic rings. The maximum absolute atomic E-state index is 12.6. The van der Waals surface area contributed by atoms with Crippen molar-refractivity contribution in [1.82, 2.24) is 15.3 Å². The van der Waals surface area contributed by atoms with Gasteiger partial charge in [-0.2, -0.15) is 0 Å². The Balaban J connectivity index is 1.52. The second kappa shape index (κ2) is 9.46. The molecule has 0 saturated heterocycles. The maximum atomic E-state index is 12.6. The minimum absolute atomic E-state index is 0.0239. The third kappa shape index (κ3) is 4.99. The molecule has 0 saturated carbocycles. The Morgan fingerprint density at radius 1 is 0.933 bits per heavy atom. The van der Waals surface area contributed by atoms with E-state index in [0.29, 0.717) is 13.0 Å². The van der Waals surface area contributed by atoms with Gasteiger partial charge in [-0.15, -0.1) is 11.3 Å². The van der Waals surface area contributed by atoms with E-state index < -0.39 is 0 Å². The third-order valence-corrected chi connectivity index (χ3v) is 5.99. The maximum Gasteiger partial charge on any atom is 0.226 e. The smallest absolute Gasteiger partial charge is 0.226 e. The molecule has 4 aromatic rings. The van der Waals surface area contributed by atoms with E-state index in [9.17, 15) is 4.79 Å². The second-order valence-electron chi connectivity index (χ2n) is 7.12. The van der Waals surface area contributed by atoms with Crippen LogP contribution in [0, 0.1) is 6.92 Å². The highest BCUT2D eigenvalue weighted by Gasteiger charge is 2.17. The summed E-state index contributed by atoms with van der Waals surface area (Å²) in [4.78, 5) is 22.8. The lowest BCUT2D eigenvalue weighted by Gasteiger charge is -2.06. The number of carbonyl (C=O) groups excluding carboxylic acids is 1. The van der Waals surface area contributed by atoms with Crippen LogP contribution in [-0.4, -0.2) is 22.4 Å². The first-order valence-electron chi connectivity index (χ1n) is 9.98. The van der Waals surface area contributed by atoms with Gasteiger partial charge >= 0.3 is 0 Å². The van der Waals surface area contributed by atoms with E-state index in [-0.39, 0.29) is 12.3 Å². The second-order valence-corrected chi connectivity index (χ2v) is 8.12. The number of nitrogens with one attached hydrogen (secondary N) is 1. The quantitative estimate of drug-likeness (QED) is 0.460. The number of aryl methyl sites for hydroxylation is 1. The van der Waals surface area contributed by atoms with Crippen LogP contribution < -0.4 is 5.32 Å². The highest BCUT2D eigenvalue weighted by atomic mass is 32.1. The molecule has 0 radical (unpaired) electrons. The summed E-state index contributed by atoms with van der Waals surface area (Å²) in [5.41, 5.74) is 5.16. The molecule has 1 amide bonds. The van der Waals surface area contributed by atoms with Gasteiger partial charge in [0.25, 0.3) is 0 Å². The van der Waals surface area contributed by atoms with E-state index in [1.807, 2.05) is 36.4 Å². The van der Waals surface area contributed by atoms with Gasteiger partial charge in [0.05, 0.1) is 17.0 Å². The number of hydrogen-bond donors (Lipinski definition) is 1. The first-order chi connectivity index (χ1) is 14.7. The third-order valence-electron chi connectivity index (χ3n) is 4.79. The molecule has 0 spiro atoms. The van der Waals surface area contributed by atoms with Crippen LogP contribution in [0.1, 0.15) is 17.0 Å². The predicted molar refractivity (Wildman–Crippen MR) is 122 cm³/mol. The fraction of sp³-hybridized carbons (Fsp3) is 0.160. The molecular weight excluding hydrogens is 390 g/mol. The van der Waals surface area contributed by atoms with Gasteiger partial charge < -0.3 is 5.32 Å². The molecule has 5 heteroatoms. The van der Waals surface area contributed by atoms with Crippen molar-refractivity contribution in [2.24, 2.45) is 0 Å². The molecule has 0 atom stereocenters. The van der Waals surface area contributed by atoms with Gasteiger partial charge in [-0.25, -0.2) is 4.98 Å². The largest absolute Gasteiger partial charge is 0.355 e. The van der Waals surface area contributed by atoms with Crippen LogP contribution in [0.3, 0.4) is 0 Å². The number of carbonyl (C=O) groups is 1. The van der Waals surface area contributed by atoms with Crippen LogP contribution in [0.4, 0.5) is 0 Å². The van der Waals surface area contributed by atoms with E-state index in [2.05, 4.69) is 53.6 Å². The lowest BCUT2D eigenvalue weighted by Crippen LogP contribution is -2.27. The van der Waals surface area contributed by atoms with Gasteiger partial charge in [0, 0.05) is 30.4 Å². The number of rotatable bonds is 7. The average Bonchev–Trinajstić information content (AvgIpc) is 3.19. The lowest BCUT2D eigenvalue weighted by molar-refractivity contribution is -0.120. The molecule has 2 heterocycles. The van der Waals surface area contributed by atoms with Crippen molar-refractivity contribution in [3.05, 3.63) is 95.9 Å². The first-order valence-corrected chi connectivity index (χ1v) is 10.8. The minimum Gasteiger partial charge on any atom is -0.355 e. The molecule has 30 heavy (non-hydrogen) atoms. The van der Waals surface area contributed by atoms with Crippen LogP contribution >= 0.6 is 11.3 Å². The normalized spacial score (nSPS) is 10.7. The number of aromatic nitrogens is 2. The van der Waals surface area contributed by atoms with Gasteiger partial charge in [-0.05, 0) is 24.6 Å². The zero-order valence-electron chi connectivity index (χ0n) is 16.8. The predicted octanol–water partition coefficient (Wildman–Crippen LogP) is 5.08. The Morgan fingerprint density at radius 3 is 2.43 bits per heavy atom. The molecule has 150 valence electrons. The van der Waals surface area contributed by atoms with Crippen molar-refractivity contribution in [3.63, 3.8) is 0 Å². The topological polar surface area (TPSA) is 54.9 Å². The minimum atomic E-state index is -0.0239. The van der Waals surface area contributed by atoms with E-state index >= 15 is 0 Å². The van der Waals surface area contributed by atoms with Crippen LogP contribution in [-0.2, 0) is 17.6 Å². The average molecular weight is 414 g/mol. The monoisotopic (exact) mass is 413 g/mol. The van der Waals surface area contributed by atoms with Crippen LogP contribution in [0.25, 0.3) is 21.0 Å². The van der Waals surface area contributed by atoms with E-state index in [1.165, 1.54) is 5.56 Å². The summed E-state index contributed by atoms with van der Waals surface area (Å²) in [5, 5.41) is 3.93. The molecule has 4 nitrogen and oxygen atoms in total. The fourth-order valence-electron chi connectivity index (χ4n) is 3.20. The van der Waals surface area contributed by atoms with Crippen LogP contribution in [0.15, 0.2) is 79.0 Å². The summed E-state index contributed by atoms with van der Waals surface area (Å²) in [6, 6.07) is 24.3. The van der Waals surface area contributed by atoms with Crippen LogP contribution in [0.5, 0.6) is 0 Å². The zero-order valence-corrected chi connectivity index (χ0v) is 17.7. The molecule has 4 rings (SSSR count). The van der Waals surface area contributed by atoms with E-state index in [0.717, 1.165) is 32.4 Å². The van der Waals surface area contributed by atoms with E-state index in [4.69, 9.17) is 4.98 Å². The molecule has 0 unspecified atom stereocenters. The summed E-state index contributed by atoms with van der Waals surface area (Å²) in [6.45, 7) is 2.63. The molecule has 0 aliphatic heterocycles. The van der Waals surface area contributed by atoms with Crippen molar-refractivity contribution in [2.45, 2.75) is 19.8 Å². The zero-order chi connectivity index (χ0) is 20.8. The number of pyridine rings is 1. The summed E-state index contributed by atoms with van der Waals surface area (Å²) in [5.74, 6) is -0.0239. The summed E-state index contributed by atoms with van der Waals surface area (Å²) in [7, 11) is 0. The molecule has 2 aromatic carbocycles. The Hall–Kier alpha value is -3.31. The van der Waals surface area contributed by atoms with Gasteiger partial charge in [0.2, 0.25) is 5.91 Å². The molecule has 0 fully saturated rings. The van der Waals surface area contributed by atoms with Crippen molar-refractivity contribution >= 4 is 17.2 Å². The van der Waals surface area contributed by atoms with Gasteiger partial charge in [0.15, 0.2) is 0 Å². The van der Waals surface area contributed by atoms with Gasteiger partial charge in [-0.3, -0.25) is 9.78 Å². The van der Waals surface area contributed by atoms with Crippen LogP contribution in [0.2, 0.25) is 0 Å². The Bertz CT molecular complexity index is 1110. The summed E-state index contributed by atoms with van der Waals surface area (Å²) in [6.07, 6.45) is 2.74. The highest BCUT2D eigenvalue weighted by Crippen LogP contribution is 2.35. The van der Waals surface area contributed by atoms with Gasteiger partial charge in [0.1, 0.15) is 5.01 Å². The lowest BCUT2D eigenvalue weighted by atomic mass is 10.1. The Kier molecular flexibility index (Phi) is 6.30. The van der Waals surface area contributed by atoms with Crippen molar-refractivity contribution < 1.29 is 4.79 Å². The molecule has 2 aromatic heterocycles. The number of nitrogens with zero attached hydrogens (tertiary/aromatic N) is 2. The molecule has 0 bridgehead atoms. The molecule has 1 N–H and O–H groups in total. The SMILES string of the molecule is Cc1ccc(-c2sc(-c3ccccc3)nc2CC(=O)NCCc2ccccn2)cc1. The fourth-order valence-corrected chi connectivity index (χ4v) is 4.29. The molecular formula is C25H23N3OS. The molecule has 0 aliphatic carbocycles. The summed E-state index contributed by atoms with van der Waals surface area (Å²) >= 11 is 1.63.